The molecule has 1 aliphatic heterocycles. The van der Waals surface area contributed by atoms with E-state index in [-0.39, 0.29) is 25.2 Å². The predicted molar refractivity (Wildman–Crippen MR) is 53.9 cm³/mol. The number of nitrogens with zero attached hydrogens (tertiary/aromatic N) is 3. The molecule has 1 heterocycles. The Labute approximate surface area is 92.9 Å². The molecule has 1 fully saturated rings. The fourth-order valence-electron chi connectivity index (χ4n) is 1.53. The maximum absolute atomic E-state index is 11.5. The number of aliphatic hydroxyl groups is 1. The third-order valence-corrected chi connectivity index (χ3v) is 2.25. The number of hydrogen-bond donors (Lipinski definition) is 1. The molecule has 0 aromatic carbocycles. The van der Waals surface area contributed by atoms with Crippen LogP contribution in [0.25, 0.3) is 4.98 Å². The molecule has 0 aromatic heterocycles. The molecule has 1 saturated heterocycles. The third-order valence-electron chi connectivity index (χ3n) is 2.25. The quantitative estimate of drug-likeness (QED) is 0.570. The van der Waals surface area contributed by atoms with Crippen LogP contribution >= 0.6 is 0 Å². The zero-order valence-electron chi connectivity index (χ0n) is 9.16. The van der Waals surface area contributed by atoms with Gasteiger partial charge < -0.3 is 14.6 Å². The molecule has 7 nitrogen and oxygen atoms in total. The molecule has 0 aromatic rings. The van der Waals surface area contributed by atoms with Gasteiger partial charge in [0.2, 0.25) is 11.2 Å². The van der Waals surface area contributed by atoms with Gasteiger partial charge >= 0.3 is 12.3 Å². The normalized spacial score (nSPS) is 25.3. The van der Waals surface area contributed by atoms with Gasteiger partial charge in [-0.05, 0) is 13.8 Å². The van der Waals surface area contributed by atoms with Crippen molar-refractivity contribution in [1.29, 1.82) is 5.39 Å². The molecule has 0 saturated carbocycles. The van der Waals surface area contributed by atoms with E-state index < -0.39 is 12.1 Å². The molecule has 88 valence electrons. The summed E-state index contributed by atoms with van der Waals surface area (Å²) in [5.74, 6) is -0.249. The van der Waals surface area contributed by atoms with Crippen LogP contribution in [0, 0.1) is 5.39 Å². The summed E-state index contributed by atoms with van der Waals surface area (Å²) in [6.07, 6.45) is -0.0978. The molecule has 1 amide bonds. The molecular weight excluding hydrogens is 214 g/mol. The van der Waals surface area contributed by atoms with Crippen LogP contribution in [0.4, 0.5) is 4.79 Å². The third kappa shape index (κ3) is 2.41. The molecular formula is C9H14N3O4+. The summed E-state index contributed by atoms with van der Waals surface area (Å²) in [4.78, 5) is 15.4. The summed E-state index contributed by atoms with van der Waals surface area (Å²) in [6.45, 7) is 3.66. The van der Waals surface area contributed by atoms with E-state index in [1.807, 2.05) is 0 Å². The molecule has 1 aliphatic rings. The van der Waals surface area contributed by atoms with E-state index in [0.29, 0.717) is 0 Å². The van der Waals surface area contributed by atoms with Crippen molar-refractivity contribution in [3.8, 4) is 0 Å². The monoisotopic (exact) mass is 228 g/mol. The summed E-state index contributed by atoms with van der Waals surface area (Å²) in [5.41, 5.74) is 0. The Bertz CT molecular complexity index is 336. The first-order chi connectivity index (χ1) is 7.61. The van der Waals surface area contributed by atoms with Crippen molar-refractivity contribution >= 4 is 6.09 Å². The number of diazo groups is 1. The number of carbonyl (C=O) groups excluding carboxylic acids is 1. The van der Waals surface area contributed by atoms with Crippen molar-refractivity contribution in [2.24, 2.45) is 0 Å². The second-order valence-corrected chi connectivity index (χ2v) is 3.28. The lowest BCUT2D eigenvalue weighted by molar-refractivity contribution is 0.0766. The highest BCUT2D eigenvalue weighted by Crippen LogP contribution is 2.23. The Balaban J connectivity index is 2.82. The topological polar surface area (TPSA) is 87.2 Å². The number of carbonyl (C=O) groups is 1. The van der Waals surface area contributed by atoms with Gasteiger partial charge in [0.25, 0.3) is 0 Å². The first-order valence-corrected chi connectivity index (χ1v) is 4.90. The second kappa shape index (κ2) is 5.32. The lowest BCUT2D eigenvalue weighted by atomic mass is 10.1. The maximum Gasteiger partial charge on any atom is 0.412 e. The van der Waals surface area contributed by atoms with Crippen molar-refractivity contribution in [1.82, 2.24) is 4.90 Å². The summed E-state index contributed by atoms with van der Waals surface area (Å²) >= 11 is 0. The number of aliphatic hydroxyl groups excluding tert-OH is 1. The van der Waals surface area contributed by atoms with Crippen LogP contribution in [0.15, 0.2) is 12.0 Å². The summed E-state index contributed by atoms with van der Waals surface area (Å²) in [6, 6.07) is -0.685. The summed E-state index contributed by atoms with van der Waals surface area (Å²) in [7, 11) is 0. The molecule has 0 bridgehead atoms. The maximum atomic E-state index is 11.5. The van der Waals surface area contributed by atoms with Gasteiger partial charge in [-0.3, -0.25) is 4.90 Å². The van der Waals surface area contributed by atoms with Gasteiger partial charge in [0.1, 0.15) is 12.8 Å². The van der Waals surface area contributed by atoms with Crippen molar-refractivity contribution < 1.29 is 19.4 Å². The highest BCUT2D eigenvalue weighted by molar-refractivity contribution is 5.68. The fourth-order valence-corrected chi connectivity index (χ4v) is 1.53. The van der Waals surface area contributed by atoms with Crippen LogP contribution in [0.3, 0.4) is 0 Å². The van der Waals surface area contributed by atoms with E-state index in [4.69, 9.17) is 14.9 Å². The van der Waals surface area contributed by atoms with Crippen LogP contribution in [0.2, 0.25) is 0 Å². The van der Waals surface area contributed by atoms with Crippen LogP contribution in [-0.4, -0.2) is 41.6 Å². The van der Waals surface area contributed by atoms with Crippen LogP contribution in [-0.2, 0) is 9.47 Å². The van der Waals surface area contributed by atoms with Crippen molar-refractivity contribution in [3.63, 3.8) is 0 Å². The van der Waals surface area contributed by atoms with Gasteiger partial charge in [-0.2, -0.15) is 0 Å². The smallest absolute Gasteiger partial charge is 0.412 e. The lowest BCUT2D eigenvalue weighted by Gasteiger charge is -2.21. The minimum absolute atomic E-state index is 0.0357. The molecule has 7 heteroatoms. The van der Waals surface area contributed by atoms with Crippen LogP contribution < -0.4 is 0 Å². The van der Waals surface area contributed by atoms with E-state index in [1.165, 1.54) is 4.90 Å². The minimum atomic E-state index is -0.685. The first kappa shape index (κ1) is 12.3. The highest BCUT2D eigenvalue weighted by Gasteiger charge is 2.40. The number of hydrogen-bond acceptors (Lipinski definition) is 5. The largest absolute Gasteiger partial charge is 0.504 e. The van der Waals surface area contributed by atoms with E-state index >= 15 is 0 Å². The Morgan fingerprint density at radius 2 is 2.50 bits per heavy atom. The highest BCUT2D eigenvalue weighted by atomic mass is 16.6. The molecule has 0 radical (unpaired) electrons. The minimum Gasteiger partial charge on any atom is -0.504 e. The van der Waals surface area contributed by atoms with E-state index in [2.05, 4.69) is 4.98 Å². The van der Waals surface area contributed by atoms with Crippen molar-refractivity contribution in [2.45, 2.75) is 26.0 Å². The summed E-state index contributed by atoms with van der Waals surface area (Å²) < 4.78 is 10.0. The fraction of sp³-hybridized carbons (Fsp3) is 0.667. The number of amides is 1. The first-order valence-electron chi connectivity index (χ1n) is 4.90. The van der Waals surface area contributed by atoms with Gasteiger partial charge in [0, 0.05) is 0 Å². The van der Waals surface area contributed by atoms with E-state index in [1.54, 1.807) is 13.8 Å². The predicted octanol–water partition coefficient (Wildman–Crippen LogP) is 1.44. The Hall–Kier alpha value is -1.81. The Morgan fingerprint density at radius 3 is 3.06 bits per heavy atom. The second-order valence-electron chi connectivity index (χ2n) is 3.28. The Morgan fingerprint density at radius 1 is 1.81 bits per heavy atom. The molecule has 1 N–H and O–H groups in total. The zero-order valence-corrected chi connectivity index (χ0v) is 9.16. The molecule has 0 aliphatic carbocycles. The van der Waals surface area contributed by atoms with Gasteiger partial charge in [0.15, 0.2) is 4.98 Å². The number of rotatable bonds is 2. The molecule has 2 atom stereocenters. The van der Waals surface area contributed by atoms with Gasteiger partial charge in [-0.15, -0.1) is 0 Å². The zero-order chi connectivity index (χ0) is 12.1. The lowest BCUT2D eigenvalue weighted by Crippen LogP contribution is -2.40. The molecule has 0 spiro atoms. The summed E-state index contributed by atoms with van der Waals surface area (Å²) in [5, 5.41) is 17.9. The standard InChI is InChI=1S/C9H13N3O4/c1-3-15-9(14)12-5-16-6(2)8(12)7(13)4-11-10/h4,6,8H,3,5H2,1-2H3/p+1/b7-4-/t6-,8+/m1/s1. The van der Waals surface area contributed by atoms with Gasteiger partial charge in [0.05, 0.1) is 12.7 Å². The van der Waals surface area contributed by atoms with Gasteiger partial charge in [-0.25, -0.2) is 4.79 Å². The Kier molecular flexibility index (Phi) is 4.08. The molecule has 1 rings (SSSR count). The van der Waals surface area contributed by atoms with E-state index in [0.717, 1.165) is 6.20 Å². The molecule has 16 heavy (non-hydrogen) atoms. The van der Waals surface area contributed by atoms with Gasteiger partial charge in [-0.1, -0.05) is 0 Å². The molecule has 0 unspecified atom stereocenters. The average Bonchev–Trinajstić information content (AvgIpc) is 2.61. The number of ether oxygens (including phenoxy) is 2. The van der Waals surface area contributed by atoms with Crippen molar-refractivity contribution in [3.05, 3.63) is 16.9 Å². The SMILES string of the molecule is CCOC(=O)N1CO[C@H](C)[C@H]1/C(O)=C/[N+]#N. The van der Waals surface area contributed by atoms with E-state index in [9.17, 15) is 9.90 Å². The van der Waals surface area contributed by atoms with Crippen LogP contribution in [0.5, 0.6) is 0 Å². The average molecular weight is 228 g/mol. The van der Waals surface area contributed by atoms with Crippen molar-refractivity contribution in [2.75, 3.05) is 13.3 Å². The van der Waals surface area contributed by atoms with Crippen LogP contribution in [0.1, 0.15) is 13.8 Å².